The van der Waals surface area contributed by atoms with Crippen molar-refractivity contribution in [3.05, 3.63) is 76.9 Å². The highest BCUT2D eigenvalue weighted by molar-refractivity contribution is 14.1. The molecule has 0 radical (unpaired) electrons. The Morgan fingerprint density at radius 2 is 1.60 bits per heavy atom. The molecule has 5 aliphatic rings. The molecule has 1 heterocycles. The second-order valence-electron chi connectivity index (χ2n) is 9.41. The molecule has 1 saturated heterocycles. The average Bonchev–Trinajstić information content (AvgIpc) is 3.62. The molecule has 2 amide bonds. The summed E-state index contributed by atoms with van der Waals surface area (Å²) in [7, 11) is 0. The number of nitrogens with zero attached hydrogens (tertiary/aromatic N) is 3. The van der Waals surface area contributed by atoms with Crippen molar-refractivity contribution in [3.8, 4) is 5.75 Å². The molecule has 35 heavy (non-hydrogen) atoms. The maximum absolute atomic E-state index is 13.1. The van der Waals surface area contributed by atoms with E-state index < -0.39 is 4.92 Å². The Kier molecular flexibility index (Phi) is 5.70. The minimum atomic E-state index is -0.433. The van der Waals surface area contributed by atoms with Crippen LogP contribution < -0.4 is 4.74 Å². The molecule has 2 bridgehead atoms. The fourth-order valence-electron chi connectivity index (χ4n) is 5.84. The lowest BCUT2D eigenvalue weighted by Gasteiger charge is -2.37. The van der Waals surface area contributed by atoms with E-state index >= 15 is 0 Å². The van der Waals surface area contributed by atoms with E-state index in [-0.39, 0.29) is 47.8 Å². The number of halogens is 2. The van der Waals surface area contributed by atoms with Gasteiger partial charge in [0.2, 0.25) is 0 Å². The number of benzene rings is 2. The lowest BCUT2D eigenvalue weighted by atomic mass is 9.63. The van der Waals surface area contributed by atoms with Crippen LogP contribution in [0, 0.1) is 52.8 Å². The lowest BCUT2D eigenvalue weighted by Crippen LogP contribution is -2.40. The number of non-ortho nitro benzene ring substituents is 1. The number of ether oxygens (including phenoxy) is 1. The first-order valence-electron chi connectivity index (χ1n) is 11.3. The topological polar surface area (TPSA) is 102 Å². The Labute approximate surface area is 228 Å². The number of imide groups is 1. The molecule has 7 rings (SSSR count). The Hall–Kier alpha value is -2.35. The number of nitro groups is 1. The van der Waals surface area contributed by atoms with Crippen LogP contribution in [-0.4, -0.2) is 28.0 Å². The highest BCUT2D eigenvalue weighted by Crippen LogP contribution is 2.65. The first kappa shape index (κ1) is 23.1. The van der Waals surface area contributed by atoms with Gasteiger partial charge in [-0.25, -0.2) is 0 Å². The Morgan fingerprint density at radius 1 is 1.03 bits per heavy atom. The van der Waals surface area contributed by atoms with E-state index in [1.807, 2.05) is 12.1 Å². The number of amides is 2. The van der Waals surface area contributed by atoms with Gasteiger partial charge in [-0.05, 0) is 111 Å². The number of nitro benzene ring substituents is 1. The van der Waals surface area contributed by atoms with E-state index in [0.717, 1.165) is 29.7 Å². The summed E-state index contributed by atoms with van der Waals surface area (Å²) in [6.45, 7) is 0.273. The van der Waals surface area contributed by atoms with E-state index in [4.69, 9.17) is 4.74 Å². The lowest BCUT2D eigenvalue weighted by molar-refractivity contribution is -0.384. The summed E-state index contributed by atoms with van der Waals surface area (Å²) in [5.41, 5.74) is 1.62. The first-order chi connectivity index (χ1) is 16.8. The van der Waals surface area contributed by atoms with Crippen LogP contribution in [0.2, 0.25) is 0 Å². The summed E-state index contributed by atoms with van der Waals surface area (Å²) >= 11 is 4.35. The third-order valence-corrected chi connectivity index (χ3v) is 9.12. The minimum Gasteiger partial charge on any atom is -0.487 e. The molecule has 0 spiro atoms. The molecule has 178 valence electrons. The number of hydrazone groups is 1. The van der Waals surface area contributed by atoms with Crippen molar-refractivity contribution in [1.82, 2.24) is 5.01 Å². The smallest absolute Gasteiger partial charge is 0.269 e. The molecule has 0 unspecified atom stereocenters. The van der Waals surface area contributed by atoms with Gasteiger partial charge in [-0.1, -0.05) is 12.2 Å². The zero-order valence-electron chi connectivity index (χ0n) is 18.2. The summed E-state index contributed by atoms with van der Waals surface area (Å²) in [5, 5.41) is 16.2. The molecule has 0 aromatic heterocycles. The molecule has 2 saturated carbocycles. The third kappa shape index (κ3) is 3.88. The predicted octanol–water partition coefficient (Wildman–Crippen LogP) is 4.77. The van der Waals surface area contributed by atoms with Gasteiger partial charge in [0.05, 0.1) is 30.1 Å². The summed E-state index contributed by atoms with van der Waals surface area (Å²) in [6, 6.07) is 10.0. The first-order valence-corrected chi connectivity index (χ1v) is 13.4. The minimum absolute atomic E-state index is 0.0384. The van der Waals surface area contributed by atoms with Crippen molar-refractivity contribution >= 4 is 68.9 Å². The number of hydrogen-bond donors (Lipinski definition) is 0. The number of hydrogen-bond acceptors (Lipinski definition) is 6. The zero-order valence-corrected chi connectivity index (χ0v) is 22.5. The van der Waals surface area contributed by atoms with Crippen molar-refractivity contribution < 1.29 is 19.2 Å². The van der Waals surface area contributed by atoms with Gasteiger partial charge in [-0.3, -0.25) is 19.7 Å². The van der Waals surface area contributed by atoms with Crippen LogP contribution in [0.4, 0.5) is 5.69 Å². The van der Waals surface area contributed by atoms with Crippen LogP contribution in [0.1, 0.15) is 17.5 Å². The van der Waals surface area contributed by atoms with Gasteiger partial charge in [-0.15, -0.1) is 0 Å². The van der Waals surface area contributed by atoms with E-state index in [0.29, 0.717) is 17.6 Å². The molecule has 2 aromatic rings. The standard InChI is InChI=1S/C25H19I2N3O5/c26-19-7-13(8-20(27)23(19)35-11-12-1-3-14(4-2-12)30(33)34)10-28-29-24(31)21-15-5-6-16(18-9-17(15)18)22(21)25(29)32/h1-8,10,15-18,21-22H,9,11H2/b28-10-/t15-,16-,17-,18-,21-,22+/m0/s1. The molecule has 0 N–H and O–H groups in total. The second kappa shape index (κ2) is 8.64. The molecular formula is C25H19I2N3O5. The quantitative estimate of drug-likeness (QED) is 0.108. The highest BCUT2D eigenvalue weighted by atomic mass is 127. The van der Waals surface area contributed by atoms with Gasteiger partial charge in [0.1, 0.15) is 12.4 Å². The van der Waals surface area contributed by atoms with E-state index in [1.54, 1.807) is 18.3 Å². The van der Waals surface area contributed by atoms with Gasteiger partial charge in [0.25, 0.3) is 17.5 Å². The molecule has 2 aromatic carbocycles. The van der Waals surface area contributed by atoms with Crippen LogP contribution in [0.3, 0.4) is 0 Å². The van der Waals surface area contributed by atoms with Gasteiger partial charge in [0.15, 0.2) is 0 Å². The highest BCUT2D eigenvalue weighted by Gasteiger charge is 2.67. The van der Waals surface area contributed by atoms with Crippen molar-refractivity contribution in [3.63, 3.8) is 0 Å². The second-order valence-corrected chi connectivity index (χ2v) is 11.7. The van der Waals surface area contributed by atoms with E-state index in [1.165, 1.54) is 12.1 Å². The monoisotopic (exact) mass is 695 g/mol. The van der Waals surface area contributed by atoms with E-state index in [2.05, 4.69) is 62.4 Å². The number of carbonyl (C=O) groups is 2. The molecule has 1 aliphatic heterocycles. The molecule has 8 nitrogen and oxygen atoms in total. The Morgan fingerprint density at radius 3 is 2.14 bits per heavy atom. The fraction of sp³-hybridized carbons (Fsp3) is 0.320. The van der Waals surface area contributed by atoms with Crippen LogP contribution in [0.25, 0.3) is 0 Å². The van der Waals surface area contributed by atoms with Crippen molar-refractivity contribution in [2.24, 2.45) is 40.6 Å². The number of allylic oxidation sites excluding steroid dienone is 2. The molecule has 3 fully saturated rings. The molecule has 6 atom stereocenters. The molecular weight excluding hydrogens is 676 g/mol. The van der Waals surface area contributed by atoms with Crippen LogP contribution in [0.5, 0.6) is 5.75 Å². The van der Waals surface area contributed by atoms with Crippen molar-refractivity contribution in [1.29, 1.82) is 0 Å². The summed E-state index contributed by atoms with van der Waals surface area (Å²) in [4.78, 5) is 36.6. The maximum atomic E-state index is 13.1. The number of carbonyl (C=O) groups excluding carboxylic acids is 2. The Balaban J connectivity index is 1.16. The van der Waals surface area contributed by atoms with Crippen molar-refractivity contribution in [2.45, 2.75) is 13.0 Å². The van der Waals surface area contributed by atoms with Gasteiger partial charge < -0.3 is 4.74 Å². The van der Waals surface area contributed by atoms with E-state index in [9.17, 15) is 19.7 Å². The summed E-state index contributed by atoms with van der Waals surface area (Å²) in [5.74, 6) is 1.33. The van der Waals surface area contributed by atoms with Crippen LogP contribution >= 0.6 is 45.2 Å². The largest absolute Gasteiger partial charge is 0.487 e. The van der Waals surface area contributed by atoms with Crippen molar-refractivity contribution in [2.75, 3.05) is 0 Å². The Bertz CT molecular complexity index is 1270. The summed E-state index contributed by atoms with van der Waals surface area (Å²) < 4.78 is 7.68. The summed E-state index contributed by atoms with van der Waals surface area (Å²) in [6.07, 6.45) is 7.00. The van der Waals surface area contributed by atoms with Gasteiger partial charge >= 0.3 is 0 Å². The molecule has 10 heteroatoms. The van der Waals surface area contributed by atoms with Gasteiger partial charge in [-0.2, -0.15) is 10.1 Å². The number of rotatable bonds is 6. The average molecular weight is 695 g/mol. The van der Waals surface area contributed by atoms with Crippen LogP contribution in [-0.2, 0) is 16.2 Å². The zero-order chi connectivity index (χ0) is 24.4. The maximum Gasteiger partial charge on any atom is 0.269 e. The fourth-order valence-corrected chi connectivity index (χ4v) is 7.97. The SMILES string of the molecule is O=C1[C@@H]2[C@H]3C=C[C@@H]([C@@H]4C[C@@H]34)[C@@H]2C(=O)N1/N=C\c1cc(I)c(OCc2ccc([N+](=O)[O-])cc2)c(I)c1. The third-order valence-electron chi connectivity index (χ3n) is 7.51. The predicted molar refractivity (Wildman–Crippen MR) is 143 cm³/mol. The molecule has 4 aliphatic carbocycles. The van der Waals surface area contributed by atoms with Gasteiger partial charge in [0, 0.05) is 12.1 Å². The van der Waals surface area contributed by atoms with Crippen LogP contribution in [0.15, 0.2) is 53.7 Å². The normalized spacial score (nSPS) is 30.1.